The second kappa shape index (κ2) is 5.62. The molecule has 0 bridgehead atoms. The minimum absolute atomic E-state index is 0.442. The van der Waals surface area contributed by atoms with E-state index < -0.39 is 0 Å². The van der Waals surface area contributed by atoms with Crippen LogP contribution < -0.4 is 11.1 Å². The van der Waals surface area contributed by atoms with E-state index in [1.165, 1.54) is 42.1 Å². The average Bonchev–Trinajstić information content (AvgIpc) is 2.46. The fraction of sp³-hybridized carbons (Fsp3) is 0.412. The van der Waals surface area contributed by atoms with Crippen molar-refractivity contribution in [2.45, 2.75) is 31.7 Å². The van der Waals surface area contributed by atoms with Gasteiger partial charge in [0.1, 0.15) is 0 Å². The molecule has 1 fully saturated rings. The lowest BCUT2D eigenvalue weighted by Gasteiger charge is -2.26. The Hall–Kier alpha value is -1.54. The molecule has 0 unspecified atom stereocenters. The third-order valence-electron chi connectivity index (χ3n) is 4.24. The van der Waals surface area contributed by atoms with E-state index in [1.54, 1.807) is 0 Å². The molecule has 1 aliphatic carbocycles. The van der Waals surface area contributed by atoms with Crippen LogP contribution in [0.2, 0.25) is 0 Å². The van der Waals surface area contributed by atoms with E-state index in [1.807, 2.05) is 0 Å². The molecule has 0 spiro atoms. The summed E-state index contributed by atoms with van der Waals surface area (Å²) in [5.74, 6) is 0.784. The van der Waals surface area contributed by atoms with Crippen molar-refractivity contribution >= 4 is 16.5 Å². The van der Waals surface area contributed by atoms with Gasteiger partial charge in [-0.25, -0.2) is 0 Å². The van der Waals surface area contributed by atoms with E-state index >= 15 is 0 Å². The first kappa shape index (κ1) is 12.5. The highest BCUT2D eigenvalue weighted by molar-refractivity contribution is 5.85. The number of nitrogens with one attached hydrogen (secondary N) is 1. The van der Waals surface area contributed by atoms with Crippen LogP contribution in [0, 0.1) is 5.92 Å². The van der Waals surface area contributed by atoms with Crippen molar-refractivity contribution in [2.75, 3.05) is 11.9 Å². The minimum Gasteiger partial charge on any atom is -0.385 e. The molecule has 0 saturated heterocycles. The normalized spacial score (nSPS) is 23.4. The molecule has 0 aromatic heterocycles. The SMILES string of the molecule is NC1CCC(CNc2ccc3ccccc3c2)CC1. The summed E-state index contributed by atoms with van der Waals surface area (Å²) in [6.07, 6.45) is 4.90. The molecule has 2 aromatic rings. The minimum atomic E-state index is 0.442. The van der Waals surface area contributed by atoms with Gasteiger partial charge in [0, 0.05) is 18.3 Å². The molecular formula is C17H22N2. The van der Waals surface area contributed by atoms with Gasteiger partial charge < -0.3 is 11.1 Å². The lowest BCUT2D eigenvalue weighted by atomic mass is 9.86. The summed E-state index contributed by atoms with van der Waals surface area (Å²) in [7, 11) is 0. The zero-order chi connectivity index (χ0) is 13.1. The van der Waals surface area contributed by atoms with Crippen molar-refractivity contribution in [3.63, 3.8) is 0 Å². The maximum Gasteiger partial charge on any atom is 0.0346 e. The second-order valence-electron chi connectivity index (χ2n) is 5.72. The van der Waals surface area contributed by atoms with Crippen LogP contribution in [-0.4, -0.2) is 12.6 Å². The third-order valence-corrected chi connectivity index (χ3v) is 4.24. The Balaban J connectivity index is 1.62. The number of nitrogens with two attached hydrogens (primary N) is 1. The van der Waals surface area contributed by atoms with Gasteiger partial charge in [-0.05, 0) is 54.5 Å². The molecule has 0 atom stereocenters. The van der Waals surface area contributed by atoms with Crippen molar-refractivity contribution in [2.24, 2.45) is 11.7 Å². The summed E-state index contributed by atoms with van der Waals surface area (Å²) < 4.78 is 0. The number of anilines is 1. The van der Waals surface area contributed by atoms with E-state index in [4.69, 9.17) is 5.73 Å². The Morgan fingerprint density at radius 1 is 0.947 bits per heavy atom. The summed E-state index contributed by atoms with van der Waals surface area (Å²) in [6.45, 7) is 1.07. The molecule has 2 aromatic carbocycles. The van der Waals surface area contributed by atoms with Crippen LogP contribution in [0.4, 0.5) is 5.69 Å². The van der Waals surface area contributed by atoms with E-state index in [0.29, 0.717) is 6.04 Å². The predicted octanol–water partition coefficient (Wildman–Crippen LogP) is 3.77. The van der Waals surface area contributed by atoms with Gasteiger partial charge in [0.2, 0.25) is 0 Å². The predicted molar refractivity (Wildman–Crippen MR) is 82.4 cm³/mol. The zero-order valence-electron chi connectivity index (χ0n) is 11.3. The Bertz CT molecular complexity index is 542. The molecule has 100 valence electrons. The van der Waals surface area contributed by atoms with Crippen molar-refractivity contribution in [1.29, 1.82) is 0 Å². The van der Waals surface area contributed by atoms with Crippen LogP contribution >= 0.6 is 0 Å². The first-order valence-corrected chi connectivity index (χ1v) is 7.29. The summed E-state index contributed by atoms with van der Waals surface area (Å²) in [5, 5.41) is 6.19. The Labute approximate surface area is 115 Å². The largest absolute Gasteiger partial charge is 0.385 e. The second-order valence-corrected chi connectivity index (χ2v) is 5.72. The quantitative estimate of drug-likeness (QED) is 0.875. The van der Waals surface area contributed by atoms with Crippen molar-refractivity contribution in [1.82, 2.24) is 0 Å². The monoisotopic (exact) mass is 254 g/mol. The Morgan fingerprint density at radius 2 is 1.68 bits per heavy atom. The van der Waals surface area contributed by atoms with Crippen molar-refractivity contribution < 1.29 is 0 Å². The summed E-state index contributed by atoms with van der Waals surface area (Å²) in [4.78, 5) is 0. The lowest BCUT2D eigenvalue weighted by molar-refractivity contribution is 0.339. The third kappa shape index (κ3) is 3.07. The number of fused-ring (bicyclic) bond motifs is 1. The number of hydrogen-bond acceptors (Lipinski definition) is 2. The van der Waals surface area contributed by atoms with Gasteiger partial charge >= 0.3 is 0 Å². The van der Waals surface area contributed by atoms with Crippen molar-refractivity contribution in [3.8, 4) is 0 Å². The van der Waals surface area contributed by atoms with E-state index in [-0.39, 0.29) is 0 Å². The molecule has 1 saturated carbocycles. The highest BCUT2D eigenvalue weighted by Crippen LogP contribution is 2.24. The molecule has 3 N–H and O–H groups in total. The standard InChI is InChI=1S/C17H22N2/c18-16-8-5-13(6-9-16)12-19-17-10-7-14-3-1-2-4-15(14)11-17/h1-4,7,10-11,13,16,19H,5-6,8-9,12,18H2. The molecule has 2 heteroatoms. The molecular weight excluding hydrogens is 232 g/mol. The molecule has 3 rings (SSSR count). The maximum atomic E-state index is 5.95. The Morgan fingerprint density at radius 3 is 2.47 bits per heavy atom. The van der Waals surface area contributed by atoms with Crippen LogP contribution in [0.25, 0.3) is 10.8 Å². The van der Waals surface area contributed by atoms with Crippen molar-refractivity contribution in [3.05, 3.63) is 42.5 Å². The number of hydrogen-bond donors (Lipinski definition) is 2. The fourth-order valence-electron chi connectivity index (χ4n) is 2.95. The molecule has 0 aliphatic heterocycles. The van der Waals surface area contributed by atoms with Gasteiger partial charge in [-0.1, -0.05) is 30.3 Å². The van der Waals surface area contributed by atoms with Gasteiger partial charge in [-0.2, -0.15) is 0 Å². The van der Waals surface area contributed by atoms with Gasteiger partial charge in [-0.15, -0.1) is 0 Å². The zero-order valence-corrected chi connectivity index (χ0v) is 11.3. The molecule has 2 nitrogen and oxygen atoms in total. The Kier molecular flexibility index (Phi) is 3.69. The molecule has 1 aliphatic rings. The van der Waals surface area contributed by atoms with Gasteiger partial charge in [0.05, 0.1) is 0 Å². The number of benzene rings is 2. The molecule has 0 heterocycles. The first-order valence-electron chi connectivity index (χ1n) is 7.29. The first-order chi connectivity index (χ1) is 9.31. The van der Waals surface area contributed by atoms with E-state index in [9.17, 15) is 0 Å². The summed E-state index contributed by atoms with van der Waals surface area (Å²) in [6, 6.07) is 15.5. The van der Waals surface area contributed by atoms with Gasteiger partial charge in [-0.3, -0.25) is 0 Å². The van der Waals surface area contributed by atoms with Crippen LogP contribution in [0.1, 0.15) is 25.7 Å². The smallest absolute Gasteiger partial charge is 0.0346 e. The van der Waals surface area contributed by atoms with E-state index in [0.717, 1.165) is 12.5 Å². The maximum absolute atomic E-state index is 5.95. The van der Waals surface area contributed by atoms with Crippen LogP contribution in [0.5, 0.6) is 0 Å². The van der Waals surface area contributed by atoms with E-state index in [2.05, 4.69) is 47.8 Å². The van der Waals surface area contributed by atoms with Crippen LogP contribution in [-0.2, 0) is 0 Å². The average molecular weight is 254 g/mol. The molecule has 19 heavy (non-hydrogen) atoms. The van der Waals surface area contributed by atoms with Crippen LogP contribution in [0.3, 0.4) is 0 Å². The fourth-order valence-corrected chi connectivity index (χ4v) is 2.95. The lowest BCUT2D eigenvalue weighted by Crippen LogP contribution is -2.29. The summed E-state index contributed by atoms with van der Waals surface area (Å²) >= 11 is 0. The highest BCUT2D eigenvalue weighted by Gasteiger charge is 2.17. The summed E-state index contributed by atoms with van der Waals surface area (Å²) in [5.41, 5.74) is 7.18. The van der Waals surface area contributed by atoms with Gasteiger partial charge in [0.25, 0.3) is 0 Å². The molecule has 0 radical (unpaired) electrons. The molecule has 0 amide bonds. The highest BCUT2D eigenvalue weighted by atomic mass is 14.9. The topological polar surface area (TPSA) is 38.0 Å². The van der Waals surface area contributed by atoms with Gasteiger partial charge in [0.15, 0.2) is 0 Å². The van der Waals surface area contributed by atoms with Crippen LogP contribution in [0.15, 0.2) is 42.5 Å². The number of rotatable bonds is 3.